The quantitative estimate of drug-likeness (QED) is 0.744. The zero-order valence-corrected chi connectivity index (χ0v) is 10.4. The van der Waals surface area contributed by atoms with Crippen molar-refractivity contribution in [2.45, 2.75) is 32.4 Å². The Hall–Kier alpha value is -1.53. The molecule has 0 saturated carbocycles. The van der Waals surface area contributed by atoms with Crippen LogP contribution in [0, 0.1) is 11.3 Å². The summed E-state index contributed by atoms with van der Waals surface area (Å²) in [6.07, 6.45) is 1.13. The molecule has 0 radical (unpaired) electrons. The minimum Gasteiger partial charge on any atom is -0.488 e. The van der Waals surface area contributed by atoms with Gasteiger partial charge in [0.2, 0.25) is 0 Å². The number of para-hydroxylation sites is 1. The molecule has 3 heteroatoms. The van der Waals surface area contributed by atoms with Gasteiger partial charge in [0.25, 0.3) is 0 Å². The number of ether oxygens (including phenoxy) is 1. The van der Waals surface area contributed by atoms with Gasteiger partial charge in [-0.15, -0.1) is 0 Å². The highest BCUT2D eigenvalue weighted by molar-refractivity contribution is 5.37. The topological polar surface area (TPSA) is 36.3 Å². The SMILES string of the molecule is CC(C)N(CC#N)CC1Cc2ccccc2O1. The third-order valence-electron chi connectivity index (χ3n) is 3.16. The first-order valence-electron chi connectivity index (χ1n) is 6.06. The van der Waals surface area contributed by atoms with Crippen LogP contribution in [0.4, 0.5) is 0 Å². The summed E-state index contributed by atoms with van der Waals surface area (Å²) in [5, 5.41) is 8.80. The van der Waals surface area contributed by atoms with E-state index in [2.05, 4.69) is 30.9 Å². The van der Waals surface area contributed by atoms with Crippen molar-refractivity contribution < 1.29 is 4.74 Å². The van der Waals surface area contributed by atoms with Crippen LogP contribution in [0.5, 0.6) is 5.75 Å². The number of fused-ring (bicyclic) bond motifs is 1. The van der Waals surface area contributed by atoms with Gasteiger partial charge in [-0.05, 0) is 25.5 Å². The van der Waals surface area contributed by atoms with Gasteiger partial charge < -0.3 is 4.74 Å². The molecule has 0 N–H and O–H groups in total. The second kappa shape index (κ2) is 5.20. The van der Waals surface area contributed by atoms with Crippen molar-refractivity contribution in [2.24, 2.45) is 0 Å². The molecule has 1 atom stereocenters. The fourth-order valence-electron chi connectivity index (χ4n) is 2.17. The molecule has 0 spiro atoms. The Morgan fingerprint density at radius 1 is 1.47 bits per heavy atom. The largest absolute Gasteiger partial charge is 0.488 e. The molecule has 0 saturated heterocycles. The number of hydrogen-bond acceptors (Lipinski definition) is 3. The summed E-state index contributed by atoms with van der Waals surface area (Å²) >= 11 is 0. The maximum absolute atomic E-state index is 8.80. The molecule has 0 bridgehead atoms. The fourth-order valence-corrected chi connectivity index (χ4v) is 2.17. The van der Waals surface area contributed by atoms with Crippen LogP contribution in [-0.4, -0.2) is 30.1 Å². The first kappa shape index (κ1) is 11.9. The average molecular weight is 230 g/mol. The molecule has 1 aliphatic heterocycles. The molecule has 90 valence electrons. The van der Waals surface area contributed by atoms with Crippen LogP contribution < -0.4 is 4.74 Å². The highest BCUT2D eigenvalue weighted by atomic mass is 16.5. The van der Waals surface area contributed by atoms with Gasteiger partial charge in [0.05, 0.1) is 12.6 Å². The van der Waals surface area contributed by atoms with Crippen molar-refractivity contribution in [3.05, 3.63) is 29.8 Å². The van der Waals surface area contributed by atoms with Gasteiger partial charge in [-0.1, -0.05) is 18.2 Å². The van der Waals surface area contributed by atoms with E-state index in [9.17, 15) is 0 Å². The van der Waals surface area contributed by atoms with E-state index in [1.54, 1.807) is 0 Å². The Balaban J connectivity index is 1.97. The molecule has 0 fully saturated rings. The summed E-state index contributed by atoms with van der Waals surface area (Å²) in [5.74, 6) is 0.998. The first-order valence-corrected chi connectivity index (χ1v) is 6.06. The van der Waals surface area contributed by atoms with E-state index in [0.29, 0.717) is 12.6 Å². The predicted octanol–water partition coefficient (Wildman–Crippen LogP) is 2.22. The van der Waals surface area contributed by atoms with Gasteiger partial charge in [-0.25, -0.2) is 0 Å². The molecule has 2 rings (SSSR count). The van der Waals surface area contributed by atoms with E-state index in [0.717, 1.165) is 18.7 Å². The molecule has 0 amide bonds. The van der Waals surface area contributed by atoms with E-state index in [4.69, 9.17) is 10.00 Å². The van der Waals surface area contributed by atoms with Crippen LogP contribution in [0.3, 0.4) is 0 Å². The summed E-state index contributed by atoms with van der Waals surface area (Å²) in [6.45, 7) is 5.51. The van der Waals surface area contributed by atoms with E-state index in [1.807, 2.05) is 18.2 Å². The van der Waals surface area contributed by atoms with Crippen molar-refractivity contribution in [2.75, 3.05) is 13.1 Å². The van der Waals surface area contributed by atoms with Crippen molar-refractivity contribution in [1.29, 1.82) is 5.26 Å². The second-order valence-electron chi connectivity index (χ2n) is 4.73. The van der Waals surface area contributed by atoms with Gasteiger partial charge >= 0.3 is 0 Å². The Labute approximate surface area is 103 Å². The fraction of sp³-hybridized carbons (Fsp3) is 0.500. The molecule has 1 aliphatic rings. The van der Waals surface area contributed by atoms with Gasteiger partial charge in [-0.3, -0.25) is 4.90 Å². The second-order valence-corrected chi connectivity index (χ2v) is 4.73. The lowest BCUT2D eigenvalue weighted by atomic mass is 10.1. The molecular weight excluding hydrogens is 212 g/mol. The molecular formula is C14H18N2O. The molecule has 1 aromatic rings. The van der Waals surface area contributed by atoms with Crippen molar-refractivity contribution in [3.63, 3.8) is 0 Å². The summed E-state index contributed by atoms with van der Waals surface area (Å²) < 4.78 is 5.88. The molecule has 17 heavy (non-hydrogen) atoms. The molecule has 1 unspecified atom stereocenters. The maximum atomic E-state index is 8.80. The zero-order valence-electron chi connectivity index (χ0n) is 10.4. The van der Waals surface area contributed by atoms with Gasteiger partial charge in [0.1, 0.15) is 11.9 Å². The molecule has 0 aromatic heterocycles. The number of rotatable bonds is 4. The van der Waals surface area contributed by atoms with Gasteiger partial charge in [0, 0.05) is 19.0 Å². The highest BCUT2D eigenvalue weighted by Gasteiger charge is 2.25. The van der Waals surface area contributed by atoms with E-state index >= 15 is 0 Å². The zero-order chi connectivity index (χ0) is 12.3. The third-order valence-corrected chi connectivity index (χ3v) is 3.16. The summed E-state index contributed by atoms with van der Waals surface area (Å²) in [7, 11) is 0. The Morgan fingerprint density at radius 3 is 2.88 bits per heavy atom. The van der Waals surface area contributed by atoms with Crippen molar-refractivity contribution in [1.82, 2.24) is 4.90 Å². The third kappa shape index (κ3) is 2.78. The normalized spacial score (nSPS) is 17.9. The lowest BCUT2D eigenvalue weighted by molar-refractivity contribution is 0.139. The lowest BCUT2D eigenvalue weighted by Crippen LogP contribution is -2.39. The first-order chi connectivity index (χ1) is 8.20. The highest BCUT2D eigenvalue weighted by Crippen LogP contribution is 2.28. The number of benzene rings is 1. The van der Waals surface area contributed by atoms with Crippen LogP contribution in [0.15, 0.2) is 24.3 Å². The van der Waals surface area contributed by atoms with Crippen LogP contribution in [-0.2, 0) is 6.42 Å². The Kier molecular flexibility index (Phi) is 3.65. The molecule has 1 aromatic carbocycles. The lowest BCUT2D eigenvalue weighted by Gasteiger charge is -2.26. The van der Waals surface area contributed by atoms with E-state index in [1.165, 1.54) is 5.56 Å². The summed E-state index contributed by atoms with van der Waals surface area (Å²) in [5.41, 5.74) is 1.28. The van der Waals surface area contributed by atoms with Crippen LogP contribution in [0.25, 0.3) is 0 Å². The average Bonchev–Trinajstić information content (AvgIpc) is 2.70. The molecule has 3 nitrogen and oxygen atoms in total. The van der Waals surface area contributed by atoms with Crippen LogP contribution in [0.2, 0.25) is 0 Å². The van der Waals surface area contributed by atoms with E-state index in [-0.39, 0.29) is 6.10 Å². The monoisotopic (exact) mass is 230 g/mol. The van der Waals surface area contributed by atoms with Crippen LogP contribution >= 0.6 is 0 Å². The molecule has 0 aliphatic carbocycles. The predicted molar refractivity (Wildman–Crippen MR) is 66.9 cm³/mol. The minimum absolute atomic E-state index is 0.183. The number of nitriles is 1. The Morgan fingerprint density at radius 2 is 2.24 bits per heavy atom. The number of hydrogen-bond donors (Lipinski definition) is 0. The number of nitrogens with zero attached hydrogens (tertiary/aromatic N) is 2. The molecule has 1 heterocycles. The maximum Gasteiger partial charge on any atom is 0.123 e. The standard InChI is InChI=1S/C14H18N2O/c1-11(2)16(8-7-15)10-13-9-12-5-3-4-6-14(12)17-13/h3-6,11,13H,8-10H2,1-2H3. The Bertz CT molecular complexity index is 397. The summed E-state index contributed by atoms with van der Waals surface area (Å²) in [4.78, 5) is 2.15. The van der Waals surface area contributed by atoms with E-state index < -0.39 is 0 Å². The smallest absolute Gasteiger partial charge is 0.123 e. The van der Waals surface area contributed by atoms with Crippen molar-refractivity contribution in [3.8, 4) is 11.8 Å². The summed E-state index contributed by atoms with van der Waals surface area (Å²) in [6, 6.07) is 10.8. The minimum atomic E-state index is 0.183. The van der Waals surface area contributed by atoms with Gasteiger partial charge in [0.15, 0.2) is 0 Å². The van der Waals surface area contributed by atoms with Crippen LogP contribution in [0.1, 0.15) is 19.4 Å². The van der Waals surface area contributed by atoms with Crippen molar-refractivity contribution >= 4 is 0 Å². The van der Waals surface area contributed by atoms with Gasteiger partial charge in [-0.2, -0.15) is 5.26 Å².